The first-order valence-corrected chi connectivity index (χ1v) is 13.2. The molecule has 10 nitrogen and oxygen atoms in total. The molecular weight excluding hydrogens is 473 g/mol. The van der Waals surface area contributed by atoms with Gasteiger partial charge in [-0.15, -0.1) is 0 Å². The summed E-state index contributed by atoms with van der Waals surface area (Å²) >= 11 is 0. The maximum Gasteiger partial charge on any atom is 0.498 e. The second-order valence-corrected chi connectivity index (χ2v) is 12.5. The molecule has 0 unspecified atom stereocenters. The number of anilines is 1. The quantitative estimate of drug-likeness (QED) is 0.551. The van der Waals surface area contributed by atoms with Crippen molar-refractivity contribution in [1.82, 2.24) is 20.2 Å². The molecule has 0 saturated carbocycles. The highest BCUT2D eigenvalue weighted by molar-refractivity contribution is 6.61. The summed E-state index contributed by atoms with van der Waals surface area (Å²) in [6, 6.07) is -0.471. The number of ether oxygens (including phenoxy) is 1. The van der Waals surface area contributed by atoms with E-state index in [4.69, 9.17) is 14.0 Å². The monoisotopic (exact) mass is 517 g/mol. The molecule has 3 heterocycles. The van der Waals surface area contributed by atoms with E-state index in [1.807, 2.05) is 32.6 Å². The fourth-order valence-corrected chi connectivity index (χ4v) is 4.38. The van der Waals surface area contributed by atoms with Crippen molar-refractivity contribution in [2.24, 2.45) is 5.92 Å². The van der Waals surface area contributed by atoms with Crippen molar-refractivity contribution in [3.05, 3.63) is 12.4 Å². The molecule has 11 heteroatoms. The van der Waals surface area contributed by atoms with Gasteiger partial charge in [0.1, 0.15) is 11.6 Å². The minimum absolute atomic E-state index is 0.104. The van der Waals surface area contributed by atoms with Crippen molar-refractivity contribution >= 4 is 30.5 Å². The summed E-state index contributed by atoms with van der Waals surface area (Å²) in [7, 11) is -0.503. The molecule has 2 atom stereocenters. The lowest BCUT2D eigenvalue weighted by atomic mass is 9.81. The van der Waals surface area contributed by atoms with Crippen molar-refractivity contribution in [3.63, 3.8) is 0 Å². The fraction of sp³-hybridized carbons (Fsp3) is 0.769. The smallest absolute Gasteiger partial charge is 0.444 e. The van der Waals surface area contributed by atoms with Gasteiger partial charge in [0.2, 0.25) is 11.9 Å². The highest BCUT2D eigenvalue weighted by Crippen LogP contribution is 2.36. The standard InChI is InChI=1S/C26H44BN5O5/c1-17(2)32(22-28-13-20(14-29-22)27-36-25(7,8)26(9,10)37-27)16-19-11-12-31(15-19)21(33)18(3)30-23(34)35-24(4,5)6/h13-14,17-19H,11-12,15-16H2,1-10H3,(H,30,34)/t18-,19-/m1/s1. The van der Waals surface area contributed by atoms with Crippen LogP contribution in [0.25, 0.3) is 0 Å². The Labute approximate surface area is 222 Å². The van der Waals surface area contributed by atoms with Crippen molar-refractivity contribution in [1.29, 1.82) is 0 Å². The van der Waals surface area contributed by atoms with E-state index in [0.717, 1.165) is 18.4 Å². The van der Waals surface area contributed by atoms with Crippen LogP contribution < -0.4 is 15.7 Å². The third kappa shape index (κ3) is 7.13. The summed E-state index contributed by atoms with van der Waals surface area (Å²) in [5.41, 5.74) is -0.677. The van der Waals surface area contributed by atoms with Gasteiger partial charge in [-0.3, -0.25) is 4.79 Å². The Kier molecular flexibility index (Phi) is 8.49. The SMILES string of the molecule is CC(C)N(C[C@@H]1CCN(C(=O)[C@@H](C)NC(=O)OC(C)(C)C)C1)c1ncc(B2OC(C)(C)C(C)(C)O2)cn1. The van der Waals surface area contributed by atoms with Crippen LogP contribution in [0.5, 0.6) is 0 Å². The highest BCUT2D eigenvalue weighted by atomic mass is 16.7. The minimum Gasteiger partial charge on any atom is -0.444 e. The number of aromatic nitrogens is 2. The first-order chi connectivity index (χ1) is 17.0. The summed E-state index contributed by atoms with van der Waals surface area (Å²) in [4.78, 5) is 38.2. The Hall–Kier alpha value is -2.40. The van der Waals surface area contributed by atoms with Crippen LogP contribution in [0.3, 0.4) is 0 Å². The molecule has 1 aromatic rings. The van der Waals surface area contributed by atoms with E-state index in [1.165, 1.54) is 0 Å². The van der Waals surface area contributed by atoms with Crippen LogP contribution in [0, 0.1) is 5.92 Å². The van der Waals surface area contributed by atoms with Crippen molar-refractivity contribution < 1.29 is 23.6 Å². The van der Waals surface area contributed by atoms with E-state index in [1.54, 1.807) is 40.1 Å². The Morgan fingerprint density at radius 1 is 1.16 bits per heavy atom. The number of alkyl carbamates (subject to hydrolysis) is 1. The molecule has 2 aliphatic heterocycles. The fourth-order valence-electron chi connectivity index (χ4n) is 4.38. The average Bonchev–Trinajstić information content (AvgIpc) is 3.31. The molecular formula is C26H44BN5O5. The molecule has 0 spiro atoms. The topological polar surface area (TPSA) is 106 Å². The highest BCUT2D eigenvalue weighted by Gasteiger charge is 2.52. The molecule has 37 heavy (non-hydrogen) atoms. The van der Waals surface area contributed by atoms with Gasteiger partial charge >= 0.3 is 13.2 Å². The number of nitrogens with one attached hydrogen (secondary N) is 1. The zero-order valence-corrected chi connectivity index (χ0v) is 24.1. The van der Waals surface area contributed by atoms with Crippen LogP contribution in [-0.4, -0.2) is 82.5 Å². The molecule has 0 aliphatic carbocycles. The third-order valence-electron chi connectivity index (χ3n) is 7.22. The number of hydrogen-bond acceptors (Lipinski definition) is 8. The summed E-state index contributed by atoms with van der Waals surface area (Å²) in [5.74, 6) is 0.805. The predicted molar refractivity (Wildman–Crippen MR) is 144 cm³/mol. The number of carbonyl (C=O) groups excluding carboxylic acids is 2. The molecule has 206 valence electrons. The second-order valence-electron chi connectivity index (χ2n) is 12.5. The third-order valence-corrected chi connectivity index (χ3v) is 7.22. The molecule has 0 aromatic carbocycles. The molecule has 3 rings (SSSR count). The Bertz CT molecular complexity index is 947. The Morgan fingerprint density at radius 3 is 2.24 bits per heavy atom. The normalized spacial score (nSPS) is 21.8. The van der Waals surface area contributed by atoms with E-state index >= 15 is 0 Å². The van der Waals surface area contributed by atoms with E-state index in [0.29, 0.717) is 19.0 Å². The van der Waals surface area contributed by atoms with Crippen LogP contribution in [0.4, 0.5) is 10.7 Å². The van der Waals surface area contributed by atoms with Crippen molar-refractivity contribution in [2.45, 2.75) is 105 Å². The Balaban J connectivity index is 1.58. The summed E-state index contributed by atoms with van der Waals surface area (Å²) in [5, 5.41) is 2.65. The first-order valence-electron chi connectivity index (χ1n) is 13.2. The van der Waals surface area contributed by atoms with Crippen molar-refractivity contribution in [3.8, 4) is 0 Å². The lowest BCUT2D eigenvalue weighted by molar-refractivity contribution is -0.132. The summed E-state index contributed by atoms with van der Waals surface area (Å²) in [6.45, 7) is 21.4. The van der Waals surface area contributed by atoms with Crippen LogP contribution in [0.2, 0.25) is 0 Å². The molecule has 2 aliphatic rings. The number of amides is 2. The maximum absolute atomic E-state index is 12.9. The molecule has 2 amide bonds. The molecule has 0 bridgehead atoms. The van der Waals surface area contributed by atoms with Gasteiger partial charge in [0.15, 0.2) is 0 Å². The van der Waals surface area contributed by atoms with Gasteiger partial charge < -0.3 is 29.2 Å². The largest absolute Gasteiger partial charge is 0.498 e. The first kappa shape index (κ1) is 29.2. The molecule has 2 fully saturated rings. The molecule has 2 saturated heterocycles. The number of rotatable bonds is 7. The molecule has 1 N–H and O–H groups in total. The predicted octanol–water partition coefficient (Wildman–Crippen LogP) is 2.75. The average molecular weight is 517 g/mol. The summed E-state index contributed by atoms with van der Waals surface area (Å²) < 4.78 is 17.5. The van der Waals surface area contributed by atoms with Crippen LogP contribution in [0.15, 0.2) is 12.4 Å². The minimum atomic E-state index is -0.652. The van der Waals surface area contributed by atoms with Crippen LogP contribution >= 0.6 is 0 Å². The van der Waals surface area contributed by atoms with Gasteiger partial charge in [-0.2, -0.15) is 0 Å². The second kappa shape index (κ2) is 10.8. The van der Waals surface area contributed by atoms with E-state index < -0.39 is 36.1 Å². The molecule has 0 radical (unpaired) electrons. The number of nitrogens with zero attached hydrogens (tertiary/aromatic N) is 4. The van der Waals surface area contributed by atoms with E-state index in [9.17, 15) is 9.59 Å². The zero-order chi connectivity index (χ0) is 27.8. The number of carbonyl (C=O) groups is 2. The van der Waals surface area contributed by atoms with Gasteiger partial charge in [0, 0.05) is 43.5 Å². The van der Waals surface area contributed by atoms with Gasteiger partial charge in [0.05, 0.1) is 11.2 Å². The van der Waals surface area contributed by atoms with Gasteiger partial charge in [0.25, 0.3) is 0 Å². The van der Waals surface area contributed by atoms with Gasteiger partial charge in [-0.05, 0) is 81.6 Å². The number of likely N-dealkylation sites (tertiary alicyclic amines) is 1. The van der Waals surface area contributed by atoms with E-state index in [2.05, 4.69) is 34.0 Å². The molecule has 1 aromatic heterocycles. The van der Waals surface area contributed by atoms with Gasteiger partial charge in [-0.25, -0.2) is 14.8 Å². The van der Waals surface area contributed by atoms with Crippen LogP contribution in [-0.2, 0) is 18.8 Å². The van der Waals surface area contributed by atoms with Crippen LogP contribution in [0.1, 0.15) is 75.7 Å². The van der Waals surface area contributed by atoms with Gasteiger partial charge in [-0.1, -0.05) is 0 Å². The summed E-state index contributed by atoms with van der Waals surface area (Å²) in [6.07, 6.45) is 3.83. The lowest BCUT2D eigenvalue weighted by Crippen LogP contribution is -2.47. The number of hydrogen-bond donors (Lipinski definition) is 1. The lowest BCUT2D eigenvalue weighted by Gasteiger charge is -2.32. The van der Waals surface area contributed by atoms with Crippen molar-refractivity contribution in [2.75, 3.05) is 24.5 Å². The Morgan fingerprint density at radius 2 is 1.73 bits per heavy atom. The van der Waals surface area contributed by atoms with E-state index in [-0.39, 0.29) is 17.9 Å². The zero-order valence-electron chi connectivity index (χ0n) is 24.1. The maximum atomic E-state index is 12.9.